The highest BCUT2D eigenvalue weighted by atomic mass is 16.3. The van der Waals surface area contributed by atoms with Gasteiger partial charge >= 0.3 is 0 Å². The fourth-order valence-electron chi connectivity index (χ4n) is 2.18. The van der Waals surface area contributed by atoms with Gasteiger partial charge in [-0.3, -0.25) is 0 Å². The van der Waals surface area contributed by atoms with Crippen molar-refractivity contribution in [2.24, 2.45) is 11.8 Å². The second-order valence-electron chi connectivity index (χ2n) is 3.93. The van der Waals surface area contributed by atoms with Crippen LogP contribution in [0.25, 0.3) is 0 Å². The van der Waals surface area contributed by atoms with Crippen LogP contribution in [0.5, 0.6) is 0 Å². The first-order chi connectivity index (χ1) is 4.18. The van der Waals surface area contributed by atoms with Gasteiger partial charge in [-0.2, -0.15) is 0 Å². The Labute approximate surface area is 56.1 Å². The monoisotopic (exact) mass is 126 g/mol. The fraction of sp³-hybridized carbons (Fsp3) is 1.00. The quantitative estimate of drug-likeness (QED) is 0.522. The predicted molar refractivity (Wildman–Crippen MR) is 36.1 cm³/mol. The van der Waals surface area contributed by atoms with Crippen molar-refractivity contribution in [1.82, 2.24) is 0 Å². The fourth-order valence-corrected chi connectivity index (χ4v) is 2.18. The molecule has 3 aliphatic rings. The van der Waals surface area contributed by atoms with Gasteiger partial charge in [0.05, 0.1) is 5.60 Å². The lowest BCUT2D eigenvalue weighted by atomic mass is 9.58. The van der Waals surface area contributed by atoms with Gasteiger partial charge in [-0.25, -0.2) is 0 Å². The maximum atomic E-state index is 9.68. The van der Waals surface area contributed by atoms with Gasteiger partial charge < -0.3 is 5.11 Å². The Balaban J connectivity index is 2.10. The van der Waals surface area contributed by atoms with Gasteiger partial charge in [0, 0.05) is 0 Å². The van der Waals surface area contributed by atoms with Gasteiger partial charge in [0.25, 0.3) is 0 Å². The number of hydrogen-bond donors (Lipinski definition) is 1. The third-order valence-corrected chi connectivity index (χ3v) is 3.17. The van der Waals surface area contributed by atoms with Gasteiger partial charge in [-0.05, 0) is 44.4 Å². The summed E-state index contributed by atoms with van der Waals surface area (Å²) >= 11 is 0. The highest BCUT2D eigenvalue weighted by Crippen LogP contribution is 2.50. The van der Waals surface area contributed by atoms with Crippen LogP contribution in [-0.4, -0.2) is 10.7 Å². The summed E-state index contributed by atoms with van der Waals surface area (Å²) in [7, 11) is 0. The molecule has 3 saturated carbocycles. The zero-order valence-corrected chi connectivity index (χ0v) is 5.93. The summed E-state index contributed by atoms with van der Waals surface area (Å²) in [6.45, 7) is 1.99. The average molecular weight is 126 g/mol. The van der Waals surface area contributed by atoms with Crippen molar-refractivity contribution in [2.45, 2.75) is 38.2 Å². The van der Waals surface area contributed by atoms with Crippen LogP contribution in [0.15, 0.2) is 0 Å². The van der Waals surface area contributed by atoms with E-state index in [1.165, 1.54) is 19.3 Å². The molecular weight excluding hydrogens is 112 g/mol. The first kappa shape index (κ1) is 5.72. The summed E-state index contributed by atoms with van der Waals surface area (Å²) < 4.78 is 0. The first-order valence-electron chi connectivity index (χ1n) is 3.91. The Bertz CT molecular complexity index is 120. The molecule has 52 valence electrons. The lowest BCUT2D eigenvalue weighted by Gasteiger charge is -2.50. The van der Waals surface area contributed by atoms with E-state index in [2.05, 4.69) is 0 Å². The molecule has 1 atom stereocenters. The predicted octanol–water partition coefficient (Wildman–Crippen LogP) is 1.56. The molecule has 0 unspecified atom stereocenters. The summed E-state index contributed by atoms with van der Waals surface area (Å²) in [4.78, 5) is 0. The molecule has 2 bridgehead atoms. The number of aliphatic hydroxyl groups is 1. The SMILES string of the molecule is C[C@@]1(O)CCC2CC1C2. The third-order valence-electron chi connectivity index (χ3n) is 3.17. The molecule has 0 aliphatic heterocycles. The largest absolute Gasteiger partial charge is 0.390 e. The maximum Gasteiger partial charge on any atom is 0.0648 e. The van der Waals surface area contributed by atoms with E-state index < -0.39 is 0 Å². The second kappa shape index (κ2) is 1.51. The van der Waals surface area contributed by atoms with Crippen LogP contribution in [-0.2, 0) is 0 Å². The summed E-state index contributed by atoms with van der Waals surface area (Å²) in [6, 6.07) is 0. The van der Waals surface area contributed by atoms with Crippen LogP contribution < -0.4 is 0 Å². The van der Waals surface area contributed by atoms with Gasteiger partial charge in [0.1, 0.15) is 0 Å². The maximum absolute atomic E-state index is 9.68. The van der Waals surface area contributed by atoms with E-state index in [4.69, 9.17) is 0 Å². The molecule has 0 aromatic heterocycles. The molecule has 9 heavy (non-hydrogen) atoms. The Morgan fingerprint density at radius 1 is 1.44 bits per heavy atom. The topological polar surface area (TPSA) is 20.2 Å². The second-order valence-corrected chi connectivity index (χ2v) is 3.93. The van der Waals surface area contributed by atoms with Gasteiger partial charge in [-0.1, -0.05) is 0 Å². The molecule has 0 spiro atoms. The minimum atomic E-state index is -0.297. The smallest absolute Gasteiger partial charge is 0.0648 e. The number of fused-ring (bicyclic) bond motifs is 2. The standard InChI is InChI=1S/C8H14O/c1-8(9)3-2-6-4-7(8)5-6/h6-7,9H,2-5H2,1H3/t6?,7?,8-/m1/s1. The average Bonchev–Trinajstić information content (AvgIpc) is 1.58. The summed E-state index contributed by atoms with van der Waals surface area (Å²) in [5, 5.41) is 9.68. The summed E-state index contributed by atoms with van der Waals surface area (Å²) in [6.07, 6.45) is 4.91. The van der Waals surface area contributed by atoms with Crippen molar-refractivity contribution in [1.29, 1.82) is 0 Å². The van der Waals surface area contributed by atoms with Crippen molar-refractivity contribution >= 4 is 0 Å². The van der Waals surface area contributed by atoms with Crippen molar-refractivity contribution in [3.63, 3.8) is 0 Å². The normalized spacial score (nSPS) is 56.7. The van der Waals surface area contributed by atoms with E-state index in [1.54, 1.807) is 0 Å². The molecule has 1 nitrogen and oxygen atoms in total. The van der Waals surface area contributed by atoms with Crippen molar-refractivity contribution in [3.05, 3.63) is 0 Å². The third kappa shape index (κ3) is 0.710. The van der Waals surface area contributed by atoms with E-state index in [1.807, 2.05) is 6.92 Å². The van der Waals surface area contributed by atoms with Gasteiger partial charge in [-0.15, -0.1) is 0 Å². The summed E-state index contributed by atoms with van der Waals surface area (Å²) in [5.74, 6) is 1.63. The van der Waals surface area contributed by atoms with Gasteiger partial charge in [0.15, 0.2) is 0 Å². The molecule has 0 aromatic carbocycles. The molecule has 0 heterocycles. The molecule has 1 N–H and O–H groups in total. The Morgan fingerprint density at radius 3 is 2.33 bits per heavy atom. The molecule has 3 fully saturated rings. The zero-order valence-electron chi connectivity index (χ0n) is 5.93. The lowest BCUT2D eigenvalue weighted by molar-refractivity contribution is -0.106. The lowest BCUT2D eigenvalue weighted by Crippen LogP contribution is -2.48. The van der Waals surface area contributed by atoms with E-state index >= 15 is 0 Å². The molecule has 3 rings (SSSR count). The molecule has 0 saturated heterocycles. The minimum Gasteiger partial charge on any atom is -0.390 e. The Kier molecular flexibility index (Phi) is 0.963. The zero-order chi connectivity index (χ0) is 6.48. The van der Waals surface area contributed by atoms with Crippen LogP contribution in [0.2, 0.25) is 0 Å². The van der Waals surface area contributed by atoms with E-state index in [9.17, 15) is 5.11 Å². The van der Waals surface area contributed by atoms with Crippen LogP contribution in [0.1, 0.15) is 32.6 Å². The highest BCUT2D eigenvalue weighted by molar-refractivity contribution is 4.97. The van der Waals surface area contributed by atoms with Crippen molar-refractivity contribution < 1.29 is 5.11 Å². The molecule has 1 heteroatoms. The van der Waals surface area contributed by atoms with E-state index in [0.717, 1.165) is 12.3 Å². The minimum absolute atomic E-state index is 0.297. The number of rotatable bonds is 0. The molecule has 3 aliphatic carbocycles. The van der Waals surface area contributed by atoms with E-state index in [-0.39, 0.29) is 5.60 Å². The molecule has 0 aromatic rings. The number of hydrogen-bond acceptors (Lipinski definition) is 1. The van der Waals surface area contributed by atoms with Crippen molar-refractivity contribution in [2.75, 3.05) is 0 Å². The summed E-state index contributed by atoms with van der Waals surface area (Å²) in [5.41, 5.74) is -0.297. The van der Waals surface area contributed by atoms with Crippen molar-refractivity contribution in [3.8, 4) is 0 Å². The van der Waals surface area contributed by atoms with Crippen LogP contribution in [0, 0.1) is 11.8 Å². The van der Waals surface area contributed by atoms with E-state index in [0.29, 0.717) is 5.92 Å². The van der Waals surface area contributed by atoms with Crippen LogP contribution >= 0.6 is 0 Å². The molecular formula is C8H14O. The van der Waals surface area contributed by atoms with Gasteiger partial charge in [0.2, 0.25) is 0 Å². The highest BCUT2D eigenvalue weighted by Gasteiger charge is 2.46. The first-order valence-corrected chi connectivity index (χ1v) is 3.91. The van der Waals surface area contributed by atoms with Crippen LogP contribution in [0.4, 0.5) is 0 Å². The Hall–Kier alpha value is -0.0400. The molecule has 0 radical (unpaired) electrons. The van der Waals surface area contributed by atoms with Crippen LogP contribution in [0.3, 0.4) is 0 Å². The Morgan fingerprint density at radius 2 is 2.11 bits per heavy atom. The molecule has 0 amide bonds.